The summed E-state index contributed by atoms with van der Waals surface area (Å²) in [5, 5.41) is 0.542. The van der Waals surface area contributed by atoms with Crippen molar-refractivity contribution in [2.75, 3.05) is 11.5 Å². The van der Waals surface area contributed by atoms with E-state index in [1.54, 1.807) is 0 Å². The molecule has 0 aliphatic heterocycles. The molecule has 0 aliphatic carbocycles. The van der Waals surface area contributed by atoms with Crippen molar-refractivity contribution in [1.82, 2.24) is 15.0 Å². The lowest BCUT2D eigenvalue weighted by atomic mass is 10.4. The molecule has 0 aromatic carbocycles. The Hall–Kier alpha value is -1.60. The van der Waals surface area contributed by atoms with Crippen LogP contribution in [0.25, 0.3) is 0 Å². The van der Waals surface area contributed by atoms with Gasteiger partial charge in [-0.05, 0) is 6.07 Å². The quantitative estimate of drug-likeness (QED) is 0.868. The third-order valence-electron chi connectivity index (χ3n) is 1.82. The molecule has 17 heavy (non-hydrogen) atoms. The van der Waals surface area contributed by atoms with Gasteiger partial charge in [0.25, 0.3) is 0 Å². The maximum Gasteiger partial charge on any atom is 0.179 e. The SMILES string of the molecule is Nc1nc(Cl)cnc1Sc1ccnc(N)c1F. The Morgan fingerprint density at radius 2 is 2.00 bits per heavy atom. The molecule has 2 aromatic rings. The molecular weight excluding hydrogens is 265 g/mol. The van der Waals surface area contributed by atoms with E-state index in [1.165, 1.54) is 18.5 Å². The Balaban J connectivity index is 2.35. The third-order valence-corrected chi connectivity index (χ3v) is 3.05. The zero-order valence-electron chi connectivity index (χ0n) is 8.39. The normalized spacial score (nSPS) is 10.5. The van der Waals surface area contributed by atoms with Gasteiger partial charge in [0, 0.05) is 6.20 Å². The molecule has 2 rings (SSSR count). The lowest BCUT2D eigenvalue weighted by Gasteiger charge is -2.05. The minimum atomic E-state index is -0.603. The molecule has 0 radical (unpaired) electrons. The van der Waals surface area contributed by atoms with Crippen molar-refractivity contribution in [2.24, 2.45) is 0 Å². The molecule has 0 spiro atoms. The smallest absolute Gasteiger partial charge is 0.179 e. The maximum absolute atomic E-state index is 13.6. The van der Waals surface area contributed by atoms with Gasteiger partial charge in [0.2, 0.25) is 0 Å². The molecule has 88 valence electrons. The van der Waals surface area contributed by atoms with Gasteiger partial charge in [-0.15, -0.1) is 0 Å². The number of nitrogen functional groups attached to an aromatic ring is 2. The van der Waals surface area contributed by atoms with Crippen LogP contribution in [0.5, 0.6) is 0 Å². The molecule has 0 bridgehead atoms. The second-order valence-electron chi connectivity index (χ2n) is 2.99. The molecule has 0 saturated carbocycles. The minimum Gasteiger partial charge on any atom is -0.381 e. The lowest BCUT2D eigenvalue weighted by molar-refractivity contribution is 0.601. The summed E-state index contributed by atoms with van der Waals surface area (Å²) in [5.41, 5.74) is 11.0. The molecule has 0 fully saturated rings. The Bertz CT molecular complexity index is 565. The highest BCUT2D eigenvalue weighted by molar-refractivity contribution is 7.99. The molecule has 8 heteroatoms. The number of aromatic nitrogens is 3. The highest BCUT2D eigenvalue weighted by Gasteiger charge is 2.11. The van der Waals surface area contributed by atoms with Crippen molar-refractivity contribution in [3.8, 4) is 0 Å². The van der Waals surface area contributed by atoms with Gasteiger partial charge in [-0.2, -0.15) is 0 Å². The van der Waals surface area contributed by atoms with Crippen molar-refractivity contribution in [1.29, 1.82) is 0 Å². The first-order valence-electron chi connectivity index (χ1n) is 4.44. The van der Waals surface area contributed by atoms with Gasteiger partial charge >= 0.3 is 0 Å². The van der Waals surface area contributed by atoms with E-state index in [9.17, 15) is 4.39 Å². The molecule has 0 saturated heterocycles. The van der Waals surface area contributed by atoms with Crippen LogP contribution in [0, 0.1) is 5.82 Å². The van der Waals surface area contributed by atoms with E-state index in [-0.39, 0.29) is 21.7 Å². The minimum absolute atomic E-state index is 0.136. The zero-order chi connectivity index (χ0) is 12.4. The fourth-order valence-corrected chi connectivity index (χ4v) is 2.00. The Morgan fingerprint density at radius 3 is 2.71 bits per heavy atom. The van der Waals surface area contributed by atoms with Crippen LogP contribution in [-0.2, 0) is 0 Å². The molecule has 0 atom stereocenters. The van der Waals surface area contributed by atoms with Crippen LogP contribution < -0.4 is 11.5 Å². The average Bonchev–Trinajstić information content (AvgIpc) is 2.28. The van der Waals surface area contributed by atoms with Crippen molar-refractivity contribution >= 4 is 35.0 Å². The van der Waals surface area contributed by atoms with Crippen LogP contribution in [0.2, 0.25) is 5.15 Å². The Morgan fingerprint density at radius 1 is 1.24 bits per heavy atom. The molecular formula is C9H7ClFN5S. The van der Waals surface area contributed by atoms with Crippen LogP contribution in [0.4, 0.5) is 16.0 Å². The van der Waals surface area contributed by atoms with Crippen LogP contribution >= 0.6 is 23.4 Å². The zero-order valence-corrected chi connectivity index (χ0v) is 9.96. The topological polar surface area (TPSA) is 90.7 Å². The van der Waals surface area contributed by atoms with Crippen LogP contribution in [0.1, 0.15) is 0 Å². The number of anilines is 2. The van der Waals surface area contributed by atoms with Crippen molar-refractivity contribution < 1.29 is 4.39 Å². The highest BCUT2D eigenvalue weighted by Crippen LogP contribution is 2.32. The van der Waals surface area contributed by atoms with Gasteiger partial charge in [0.15, 0.2) is 17.5 Å². The second kappa shape index (κ2) is 4.72. The second-order valence-corrected chi connectivity index (χ2v) is 4.41. The summed E-state index contributed by atoms with van der Waals surface area (Å²) in [6.45, 7) is 0. The maximum atomic E-state index is 13.6. The van der Waals surface area contributed by atoms with E-state index < -0.39 is 5.82 Å². The summed E-state index contributed by atoms with van der Waals surface area (Å²) < 4.78 is 13.6. The van der Waals surface area contributed by atoms with Crippen LogP contribution in [0.3, 0.4) is 0 Å². The molecule has 4 N–H and O–H groups in total. The summed E-state index contributed by atoms with van der Waals surface area (Å²) in [6.07, 6.45) is 2.74. The van der Waals surface area contributed by atoms with Gasteiger partial charge in [-0.25, -0.2) is 19.3 Å². The highest BCUT2D eigenvalue weighted by atomic mass is 35.5. The lowest BCUT2D eigenvalue weighted by Crippen LogP contribution is -1.98. The molecule has 2 heterocycles. The number of nitrogens with two attached hydrogens (primary N) is 2. The van der Waals surface area contributed by atoms with Crippen LogP contribution in [0.15, 0.2) is 28.4 Å². The van der Waals surface area contributed by atoms with Crippen molar-refractivity contribution in [3.05, 3.63) is 29.4 Å². The molecule has 0 unspecified atom stereocenters. The number of halogens is 2. The summed E-state index contributed by atoms with van der Waals surface area (Å²) in [5.74, 6) is -0.638. The van der Waals surface area contributed by atoms with E-state index in [0.29, 0.717) is 5.03 Å². The molecule has 0 aliphatic rings. The van der Waals surface area contributed by atoms with E-state index in [0.717, 1.165) is 11.8 Å². The largest absolute Gasteiger partial charge is 0.381 e. The number of hydrogen-bond acceptors (Lipinski definition) is 6. The van der Waals surface area contributed by atoms with Gasteiger partial charge in [-0.1, -0.05) is 23.4 Å². The van der Waals surface area contributed by atoms with Crippen molar-refractivity contribution in [2.45, 2.75) is 9.92 Å². The first-order chi connectivity index (χ1) is 8.08. The van der Waals surface area contributed by atoms with E-state index >= 15 is 0 Å². The molecule has 0 amide bonds. The van der Waals surface area contributed by atoms with E-state index in [1.807, 2.05) is 0 Å². The fraction of sp³-hybridized carbons (Fsp3) is 0. The standard InChI is InChI=1S/C9H7ClFN5S/c10-5-3-15-9(8(13)16-5)17-4-1-2-14-7(12)6(4)11/h1-3H,(H2,12,14)(H2,13,16). The summed E-state index contributed by atoms with van der Waals surface area (Å²) in [7, 11) is 0. The monoisotopic (exact) mass is 271 g/mol. The van der Waals surface area contributed by atoms with Crippen LogP contribution in [-0.4, -0.2) is 15.0 Å². The van der Waals surface area contributed by atoms with Gasteiger partial charge in [0.05, 0.1) is 11.1 Å². The molecule has 5 nitrogen and oxygen atoms in total. The summed E-state index contributed by atoms with van der Waals surface area (Å²) in [6, 6.07) is 1.48. The van der Waals surface area contributed by atoms with Gasteiger partial charge < -0.3 is 11.5 Å². The number of hydrogen-bond donors (Lipinski definition) is 2. The van der Waals surface area contributed by atoms with E-state index in [2.05, 4.69) is 15.0 Å². The Kier molecular flexibility index (Phi) is 3.30. The van der Waals surface area contributed by atoms with Gasteiger partial charge in [-0.3, -0.25) is 0 Å². The Labute approximate surface area is 105 Å². The number of pyridine rings is 1. The first kappa shape index (κ1) is 11.9. The number of rotatable bonds is 2. The first-order valence-corrected chi connectivity index (χ1v) is 5.63. The predicted octanol–water partition coefficient (Wildman–Crippen LogP) is 1.98. The molecule has 2 aromatic heterocycles. The number of nitrogens with zero attached hydrogens (tertiary/aromatic N) is 3. The summed E-state index contributed by atoms with van der Waals surface area (Å²) in [4.78, 5) is 11.7. The van der Waals surface area contributed by atoms with Crippen molar-refractivity contribution in [3.63, 3.8) is 0 Å². The average molecular weight is 272 g/mol. The van der Waals surface area contributed by atoms with E-state index in [4.69, 9.17) is 23.1 Å². The summed E-state index contributed by atoms with van der Waals surface area (Å²) >= 11 is 6.62. The predicted molar refractivity (Wildman–Crippen MR) is 64.2 cm³/mol. The van der Waals surface area contributed by atoms with Gasteiger partial charge in [0.1, 0.15) is 10.2 Å². The fourth-order valence-electron chi connectivity index (χ4n) is 1.07. The third kappa shape index (κ3) is 2.56.